The minimum Gasteiger partial charge on any atom is -0.371 e. The van der Waals surface area contributed by atoms with Crippen molar-refractivity contribution < 1.29 is 9.59 Å². The van der Waals surface area contributed by atoms with Gasteiger partial charge in [0.1, 0.15) is 0 Å². The molecule has 2 fully saturated rings. The first-order valence-corrected chi connectivity index (χ1v) is 14.7. The molecule has 6 nitrogen and oxygen atoms in total. The zero-order valence-corrected chi connectivity index (χ0v) is 23.5. The van der Waals surface area contributed by atoms with Gasteiger partial charge in [-0.2, -0.15) is 0 Å². The Morgan fingerprint density at radius 2 is 1.55 bits per heavy atom. The number of hydrogen-bond donors (Lipinski definition) is 0. The predicted octanol–water partition coefficient (Wildman–Crippen LogP) is 5.86. The first-order valence-electron chi connectivity index (χ1n) is 14.3. The molecule has 3 aliphatic heterocycles. The molecule has 1 aromatic heterocycles. The van der Waals surface area contributed by atoms with Crippen LogP contribution >= 0.6 is 11.6 Å². The van der Waals surface area contributed by atoms with Gasteiger partial charge in [0, 0.05) is 74.0 Å². The van der Waals surface area contributed by atoms with Crippen LogP contribution < -0.4 is 4.90 Å². The van der Waals surface area contributed by atoms with Crippen molar-refractivity contribution in [3.63, 3.8) is 0 Å². The van der Waals surface area contributed by atoms with E-state index in [0.29, 0.717) is 23.5 Å². The summed E-state index contributed by atoms with van der Waals surface area (Å²) in [6, 6.07) is 17.7. The van der Waals surface area contributed by atoms with Gasteiger partial charge in [0.2, 0.25) is 5.91 Å². The number of benzene rings is 2. The van der Waals surface area contributed by atoms with Gasteiger partial charge in [0.15, 0.2) is 0 Å². The summed E-state index contributed by atoms with van der Waals surface area (Å²) in [6.07, 6.45) is 12.3. The van der Waals surface area contributed by atoms with Crippen LogP contribution in [0.15, 0.2) is 73.1 Å². The Morgan fingerprint density at radius 1 is 0.825 bits per heavy atom. The monoisotopic (exact) mass is 554 g/mol. The SMILES string of the molecule is O=C(/C=C/c1ccccc1Cl)N1CCc2ccc(C(=O)N3CCC4(CC3)CCN(c3ccncc3)CC4)cc2C1. The Bertz CT molecular complexity index is 1400. The number of amides is 2. The largest absolute Gasteiger partial charge is 0.371 e. The minimum absolute atomic E-state index is 0.0430. The van der Waals surface area contributed by atoms with Gasteiger partial charge in [-0.15, -0.1) is 0 Å². The number of carbonyl (C=O) groups excluding carboxylic acids is 2. The molecule has 0 saturated carbocycles. The van der Waals surface area contributed by atoms with Crippen LogP contribution in [-0.4, -0.2) is 59.3 Å². The van der Waals surface area contributed by atoms with Crippen molar-refractivity contribution in [2.45, 2.75) is 38.6 Å². The molecule has 40 heavy (non-hydrogen) atoms. The summed E-state index contributed by atoms with van der Waals surface area (Å²) in [5.41, 5.74) is 5.42. The number of fused-ring (bicyclic) bond motifs is 1. The lowest BCUT2D eigenvalue weighted by molar-refractivity contribution is -0.126. The smallest absolute Gasteiger partial charge is 0.253 e. The average Bonchev–Trinajstić information content (AvgIpc) is 3.01. The van der Waals surface area contributed by atoms with Crippen LogP contribution in [0.3, 0.4) is 0 Å². The number of carbonyl (C=O) groups is 2. The van der Waals surface area contributed by atoms with Crippen LogP contribution in [0.1, 0.15) is 52.7 Å². The molecule has 2 saturated heterocycles. The molecule has 0 aliphatic carbocycles. The summed E-state index contributed by atoms with van der Waals surface area (Å²) >= 11 is 6.23. The second-order valence-electron chi connectivity index (χ2n) is 11.3. The van der Waals surface area contributed by atoms with E-state index in [2.05, 4.69) is 28.1 Å². The first-order chi connectivity index (χ1) is 19.5. The number of rotatable bonds is 4. The van der Waals surface area contributed by atoms with Crippen LogP contribution in [0.5, 0.6) is 0 Å². The van der Waals surface area contributed by atoms with Crippen LogP contribution in [-0.2, 0) is 17.8 Å². The van der Waals surface area contributed by atoms with Crippen LogP contribution in [0.2, 0.25) is 5.02 Å². The van der Waals surface area contributed by atoms with Crippen molar-refractivity contribution in [2.75, 3.05) is 37.6 Å². The molecule has 0 N–H and O–H groups in total. The van der Waals surface area contributed by atoms with E-state index in [1.54, 1.807) is 12.2 Å². The van der Waals surface area contributed by atoms with Gasteiger partial charge >= 0.3 is 0 Å². The van der Waals surface area contributed by atoms with E-state index in [9.17, 15) is 9.59 Å². The highest BCUT2D eigenvalue weighted by atomic mass is 35.5. The standard InChI is InChI=1S/C33H35ClN4O2/c34-30-4-2-1-3-26(30)7-8-31(39)38-18-11-25-5-6-27(23-28(25)24-38)32(40)37-21-14-33(15-22-37)12-19-36(20-13-33)29-9-16-35-17-10-29/h1-10,16-17,23H,11-15,18-22,24H2/b8-7+. The first kappa shape index (κ1) is 26.6. The summed E-state index contributed by atoms with van der Waals surface area (Å²) in [5.74, 6) is 0.0625. The van der Waals surface area contributed by atoms with Gasteiger partial charge in [-0.1, -0.05) is 35.9 Å². The number of halogens is 1. The molecule has 0 bridgehead atoms. The highest BCUT2D eigenvalue weighted by Gasteiger charge is 2.38. The third-order valence-electron chi connectivity index (χ3n) is 9.05. The lowest BCUT2D eigenvalue weighted by Gasteiger charge is -2.47. The van der Waals surface area contributed by atoms with Gasteiger partial charge in [0.05, 0.1) is 0 Å². The molecule has 2 aromatic carbocycles. The highest BCUT2D eigenvalue weighted by Crippen LogP contribution is 2.42. The summed E-state index contributed by atoms with van der Waals surface area (Å²) in [5, 5.41) is 0.623. The molecule has 3 aromatic rings. The maximum absolute atomic E-state index is 13.5. The Kier molecular flexibility index (Phi) is 7.61. The van der Waals surface area contributed by atoms with E-state index >= 15 is 0 Å². The van der Waals surface area contributed by atoms with Crippen molar-refractivity contribution in [3.8, 4) is 0 Å². The van der Waals surface area contributed by atoms with Crippen molar-refractivity contribution in [1.82, 2.24) is 14.8 Å². The number of aromatic nitrogens is 1. The summed E-state index contributed by atoms with van der Waals surface area (Å²) < 4.78 is 0. The van der Waals surface area contributed by atoms with Crippen molar-refractivity contribution in [3.05, 3.63) is 100 Å². The normalized spacial score (nSPS) is 18.7. The van der Waals surface area contributed by atoms with E-state index in [0.717, 1.165) is 62.1 Å². The Hall–Kier alpha value is -3.64. The van der Waals surface area contributed by atoms with Crippen molar-refractivity contribution in [1.29, 1.82) is 0 Å². The number of piperidine rings is 2. The van der Waals surface area contributed by atoms with Crippen molar-refractivity contribution >= 4 is 35.2 Å². The lowest BCUT2D eigenvalue weighted by atomic mass is 9.71. The maximum Gasteiger partial charge on any atom is 0.253 e. The number of likely N-dealkylation sites (tertiary alicyclic amines) is 1. The Labute approximate surface area is 241 Å². The van der Waals surface area contributed by atoms with Crippen molar-refractivity contribution in [2.24, 2.45) is 5.41 Å². The molecule has 1 spiro atoms. The number of hydrogen-bond acceptors (Lipinski definition) is 4. The van der Waals surface area contributed by atoms with Gasteiger partial charge in [0.25, 0.3) is 5.91 Å². The molecule has 4 heterocycles. The highest BCUT2D eigenvalue weighted by molar-refractivity contribution is 6.32. The van der Waals surface area contributed by atoms with Gasteiger partial charge in [-0.05, 0) is 90.6 Å². The fourth-order valence-electron chi connectivity index (χ4n) is 6.42. The third-order valence-corrected chi connectivity index (χ3v) is 9.40. The van der Waals surface area contributed by atoms with E-state index < -0.39 is 0 Å². The topological polar surface area (TPSA) is 56.8 Å². The average molecular weight is 555 g/mol. The van der Waals surface area contributed by atoms with Crippen LogP contribution in [0.4, 0.5) is 5.69 Å². The Balaban J connectivity index is 1.05. The zero-order valence-electron chi connectivity index (χ0n) is 22.8. The molecule has 2 amide bonds. The zero-order chi connectivity index (χ0) is 27.5. The molecular formula is C33H35ClN4O2. The summed E-state index contributed by atoms with van der Waals surface area (Å²) in [6.45, 7) is 4.92. The van der Waals surface area contributed by atoms with E-state index in [-0.39, 0.29) is 11.8 Å². The Morgan fingerprint density at radius 3 is 2.30 bits per heavy atom. The number of anilines is 1. The van der Waals surface area contributed by atoms with Crippen LogP contribution in [0, 0.1) is 5.41 Å². The van der Waals surface area contributed by atoms with Gasteiger partial charge in [-0.3, -0.25) is 14.6 Å². The summed E-state index contributed by atoms with van der Waals surface area (Å²) in [7, 11) is 0. The minimum atomic E-state index is -0.0430. The van der Waals surface area contributed by atoms with E-state index in [1.807, 2.05) is 58.6 Å². The number of pyridine rings is 1. The van der Waals surface area contributed by atoms with Gasteiger partial charge in [-0.25, -0.2) is 0 Å². The van der Waals surface area contributed by atoms with E-state index in [4.69, 9.17) is 11.6 Å². The fourth-order valence-corrected chi connectivity index (χ4v) is 6.61. The number of nitrogens with zero attached hydrogens (tertiary/aromatic N) is 4. The molecule has 7 heteroatoms. The molecule has 6 rings (SSSR count). The molecule has 0 unspecified atom stereocenters. The maximum atomic E-state index is 13.5. The lowest BCUT2D eigenvalue weighted by Crippen LogP contribution is -2.48. The molecular weight excluding hydrogens is 520 g/mol. The van der Waals surface area contributed by atoms with Gasteiger partial charge < -0.3 is 14.7 Å². The predicted molar refractivity (Wildman–Crippen MR) is 159 cm³/mol. The second kappa shape index (κ2) is 11.5. The third kappa shape index (κ3) is 5.64. The summed E-state index contributed by atoms with van der Waals surface area (Å²) in [4.78, 5) is 36.9. The molecule has 3 aliphatic rings. The van der Waals surface area contributed by atoms with Crippen LogP contribution in [0.25, 0.3) is 6.08 Å². The molecule has 0 atom stereocenters. The second-order valence-corrected chi connectivity index (χ2v) is 11.7. The van der Waals surface area contributed by atoms with E-state index in [1.165, 1.54) is 24.1 Å². The fraction of sp³-hybridized carbons (Fsp3) is 0.364. The quantitative estimate of drug-likeness (QED) is 0.379. The molecule has 206 valence electrons. The molecule has 0 radical (unpaired) electrons.